The average Bonchev–Trinajstić information content (AvgIpc) is 2.93. The fourth-order valence-corrected chi connectivity index (χ4v) is 6.34. The van der Waals surface area contributed by atoms with E-state index in [0.29, 0.717) is 33.5 Å². The van der Waals surface area contributed by atoms with Gasteiger partial charge in [0.25, 0.3) is 21.5 Å². The number of carbonyl (C=O) groups is 1. The predicted molar refractivity (Wildman–Crippen MR) is 126 cm³/mol. The van der Waals surface area contributed by atoms with Crippen LogP contribution in [-0.2, 0) is 16.6 Å². The van der Waals surface area contributed by atoms with Crippen LogP contribution in [0.1, 0.15) is 30.6 Å². The van der Waals surface area contributed by atoms with E-state index in [-0.39, 0.29) is 28.3 Å². The largest absolute Gasteiger partial charge is 0.287 e. The quantitative estimate of drug-likeness (QED) is 0.366. The summed E-state index contributed by atoms with van der Waals surface area (Å²) in [5.74, 6) is 0.127. The Kier molecular flexibility index (Phi) is 6.33. The minimum atomic E-state index is -3.87. The summed E-state index contributed by atoms with van der Waals surface area (Å²) < 4.78 is 28.0. The predicted octanol–water partition coefficient (Wildman–Crippen LogP) is 4.03. The van der Waals surface area contributed by atoms with Crippen molar-refractivity contribution in [3.8, 4) is 0 Å². The second-order valence-electron chi connectivity index (χ2n) is 7.92. The van der Waals surface area contributed by atoms with Crippen LogP contribution < -0.4 is 5.56 Å². The molecule has 0 spiro atoms. The Bertz CT molecular complexity index is 1370. The van der Waals surface area contributed by atoms with Gasteiger partial charge >= 0.3 is 0 Å². The third-order valence-electron chi connectivity index (χ3n) is 5.25. The van der Waals surface area contributed by atoms with E-state index in [1.165, 1.54) is 23.9 Å². The molecule has 0 aliphatic carbocycles. The highest BCUT2D eigenvalue weighted by Crippen LogP contribution is 2.30. The topological polar surface area (TPSA) is 89.3 Å². The van der Waals surface area contributed by atoms with Crippen molar-refractivity contribution in [3.63, 3.8) is 0 Å². The summed E-state index contributed by atoms with van der Waals surface area (Å²) in [7, 11) is -3.87. The van der Waals surface area contributed by atoms with Crippen LogP contribution in [0.2, 0.25) is 5.02 Å². The number of hydrogen-bond acceptors (Lipinski definition) is 6. The van der Waals surface area contributed by atoms with Crippen LogP contribution in [0.15, 0.2) is 57.3 Å². The molecule has 0 bridgehead atoms. The van der Waals surface area contributed by atoms with E-state index in [0.717, 1.165) is 10.7 Å². The molecule has 1 amide bonds. The number of rotatable bonds is 7. The van der Waals surface area contributed by atoms with Crippen LogP contribution in [0, 0.1) is 5.92 Å². The average molecular weight is 492 g/mol. The second kappa shape index (κ2) is 8.88. The number of sulfonamides is 1. The first-order valence-electron chi connectivity index (χ1n) is 10.2. The third-order valence-corrected chi connectivity index (χ3v) is 8.28. The van der Waals surface area contributed by atoms with Gasteiger partial charge in [0.1, 0.15) is 4.90 Å². The van der Waals surface area contributed by atoms with Crippen LogP contribution >= 0.6 is 23.4 Å². The van der Waals surface area contributed by atoms with Crippen molar-refractivity contribution in [1.82, 2.24) is 13.9 Å². The Hall–Kier alpha value is -2.36. The molecule has 4 rings (SSSR count). The van der Waals surface area contributed by atoms with E-state index in [1.807, 2.05) is 0 Å². The standard InChI is InChI=1S/C22H22ClN3O4S2/c1-14(2)9-10-25-20(27)16-8-7-15(23)13-18(16)24-22(25)31-12-11-26-21(28)17-5-3-4-6-19(17)32(26,29)30/h3-8,13-14H,9-12H2,1-2H3. The molecule has 0 atom stereocenters. The summed E-state index contributed by atoms with van der Waals surface area (Å²) in [6.07, 6.45) is 0.794. The van der Waals surface area contributed by atoms with Crippen molar-refractivity contribution in [2.75, 3.05) is 12.3 Å². The minimum absolute atomic E-state index is 0.0197. The number of amides is 1. The molecule has 0 fully saturated rings. The van der Waals surface area contributed by atoms with Gasteiger partial charge in [0.2, 0.25) is 0 Å². The van der Waals surface area contributed by atoms with Crippen LogP contribution in [0.25, 0.3) is 10.9 Å². The normalized spacial score (nSPS) is 15.0. The number of carbonyl (C=O) groups excluding carboxylic acids is 1. The van der Waals surface area contributed by atoms with Crippen LogP contribution in [0.4, 0.5) is 0 Å². The Morgan fingerprint density at radius 2 is 1.84 bits per heavy atom. The zero-order chi connectivity index (χ0) is 23.0. The molecule has 0 saturated heterocycles. The summed E-state index contributed by atoms with van der Waals surface area (Å²) in [5, 5.41) is 1.44. The van der Waals surface area contributed by atoms with E-state index in [1.54, 1.807) is 34.9 Å². The molecule has 0 saturated carbocycles. The Balaban J connectivity index is 1.61. The van der Waals surface area contributed by atoms with Gasteiger partial charge in [-0.3, -0.25) is 14.2 Å². The minimum Gasteiger partial charge on any atom is -0.287 e. The lowest BCUT2D eigenvalue weighted by molar-refractivity contribution is 0.0876. The molecule has 1 aliphatic rings. The molecule has 0 radical (unpaired) electrons. The number of benzene rings is 2. The molecule has 10 heteroatoms. The molecule has 168 valence electrons. The monoisotopic (exact) mass is 491 g/mol. The lowest BCUT2D eigenvalue weighted by Gasteiger charge is -2.17. The number of halogens is 1. The second-order valence-corrected chi connectivity index (χ2v) is 11.3. The highest BCUT2D eigenvalue weighted by molar-refractivity contribution is 7.99. The van der Waals surface area contributed by atoms with Gasteiger partial charge in [0.15, 0.2) is 5.16 Å². The van der Waals surface area contributed by atoms with E-state index >= 15 is 0 Å². The van der Waals surface area contributed by atoms with Gasteiger partial charge in [0, 0.05) is 23.9 Å². The van der Waals surface area contributed by atoms with Crippen LogP contribution in [0.5, 0.6) is 0 Å². The molecule has 1 aliphatic heterocycles. The first kappa shape index (κ1) is 22.8. The Morgan fingerprint density at radius 3 is 2.56 bits per heavy atom. The van der Waals surface area contributed by atoms with E-state index < -0.39 is 15.9 Å². The zero-order valence-corrected chi connectivity index (χ0v) is 20.0. The molecular weight excluding hydrogens is 470 g/mol. The third kappa shape index (κ3) is 4.16. The van der Waals surface area contributed by atoms with Crippen LogP contribution in [-0.4, -0.2) is 40.5 Å². The maximum absolute atomic E-state index is 13.1. The highest BCUT2D eigenvalue weighted by Gasteiger charge is 2.40. The number of thioether (sulfide) groups is 1. The van der Waals surface area contributed by atoms with Gasteiger partial charge in [0.05, 0.1) is 16.5 Å². The van der Waals surface area contributed by atoms with Gasteiger partial charge < -0.3 is 0 Å². The van der Waals surface area contributed by atoms with Gasteiger partial charge in [-0.1, -0.05) is 49.3 Å². The summed E-state index contributed by atoms with van der Waals surface area (Å²) in [6.45, 7) is 4.63. The van der Waals surface area contributed by atoms with Gasteiger partial charge in [-0.25, -0.2) is 17.7 Å². The van der Waals surface area contributed by atoms with Crippen molar-refractivity contribution in [3.05, 3.63) is 63.4 Å². The number of nitrogens with zero attached hydrogens (tertiary/aromatic N) is 3. The first-order valence-corrected chi connectivity index (χ1v) is 13.0. The molecule has 1 aromatic heterocycles. The molecule has 2 heterocycles. The molecule has 0 unspecified atom stereocenters. The molecule has 32 heavy (non-hydrogen) atoms. The van der Waals surface area contributed by atoms with Crippen molar-refractivity contribution >= 4 is 50.2 Å². The summed E-state index contributed by atoms with van der Waals surface area (Å²) in [6, 6.07) is 11.2. The Morgan fingerprint density at radius 1 is 1.09 bits per heavy atom. The number of fused-ring (bicyclic) bond motifs is 2. The van der Waals surface area contributed by atoms with E-state index in [9.17, 15) is 18.0 Å². The smallest absolute Gasteiger partial charge is 0.269 e. The fourth-order valence-electron chi connectivity index (χ4n) is 3.54. The molecule has 2 aromatic carbocycles. The maximum atomic E-state index is 13.1. The fraction of sp³-hybridized carbons (Fsp3) is 0.318. The van der Waals surface area contributed by atoms with Crippen molar-refractivity contribution < 1.29 is 13.2 Å². The van der Waals surface area contributed by atoms with Crippen molar-refractivity contribution in [1.29, 1.82) is 0 Å². The SMILES string of the molecule is CC(C)CCn1c(SCCN2C(=O)c3ccccc3S2(=O)=O)nc2cc(Cl)ccc2c1=O. The van der Waals surface area contributed by atoms with Gasteiger partial charge in [-0.15, -0.1) is 0 Å². The molecule has 3 aromatic rings. The van der Waals surface area contributed by atoms with E-state index in [2.05, 4.69) is 18.8 Å². The van der Waals surface area contributed by atoms with Crippen LogP contribution in [0.3, 0.4) is 0 Å². The maximum Gasteiger partial charge on any atom is 0.269 e. The number of hydrogen-bond donors (Lipinski definition) is 0. The molecule has 0 N–H and O–H groups in total. The summed E-state index contributed by atoms with van der Waals surface area (Å²) >= 11 is 7.33. The lowest BCUT2D eigenvalue weighted by atomic mass is 10.1. The van der Waals surface area contributed by atoms with Gasteiger partial charge in [-0.2, -0.15) is 0 Å². The van der Waals surface area contributed by atoms with Crippen molar-refractivity contribution in [2.24, 2.45) is 5.92 Å². The summed E-state index contributed by atoms with van der Waals surface area (Å²) in [4.78, 5) is 30.4. The first-order chi connectivity index (χ1) is 15.2. The Labute approximate surface area is 195 Å². The molecule has 7 nitrogen and oxygen atoms in total. The number of aromatic nitrogens is 2. The van der Waals surface area contributed by atoms with Crippen molar-refractivity contribution in [2.45, 2.75) is 36.9 Å². The van der Waals surface area contributed by atoms with E-state index in [4.69, 9.17) is 11.6 Å². The zero-order valence-electron chi connectivity index (χ0n) is 17.6. The highest BCUT2D eigenvalue weighted by atomic mass is 35.5. The molecular formula is C22H22ClN3O4S2. The lowest BCUT2D eigenvalue weighted by Crippen LogP contribution is -2.32. The summed E-state index contributed by atoms with van der Waals surface area (Å²) in [5.41, 5.74) is 0.514. The van der Waals surface area contributed by atoms with Gasteiger partial charge in [-0.05, 0) is 42.7 Å².